The van der Waals surface area contributed by atoms with E-state index in [1.54, 1.807) is 0 Å². The van der Waals surface area contributed by atoms with Crippen LogP contribution in [0, 0.1) is 0 Å². The van der Waals surface area contributed by atoms with Crippen LogP contribution in [0.5, 0.6) is 0 Å². The number of allylic oxidation sites excluding steroid dienone is 6. The average molecular weight is 822 g/mol. The highest BCUT2D eigenvalue weighted by Crippen LogP contribution is 2.53. The van der Waals surface area contributed by atoms with Crippen LogP contribution in [0.2, 0.25) is 0 Å². The van der Waals surface area contributed by atoms with Crippen molar-refractivity contribution in [1.29, 1.82) is 0 Å². The lowest BCUT2D eigenvalue weighted by Gasteiger charge is -2.34. The lowest BCUT2D eigenvalue weighted by Crippen LogP contribution is -2.24. The highest BCUT2D eigenvalue weighted by atomic mass is 15.1. The Morgan fingerprint density at radius 2 is 1.05 bits per heavy atom. The molecule has 0 bridgehead atoms. The predicted octanol–water partition coefficient (Wildman–Crippen LogP) is 16.7. The van der Waals surface area contributed by atoms with E-state index in [4.69, 9.17) is 0 Å². The number of hydrogen-bond acceptors (Lipinski definition) is 1. The number of anilines is 3. The van der Waals surface area contributed by atoms with Gasteiger partial charge >= 0.3 is 0 Å². The molecule has 0 heterocycles. The van der Waals surface area contributed by atoms with Gasteiger partial charge in [0.25, 0.3) is 0 Å². The highest BCUT2D eigenvalue weighted by molar-refractivity contribution is 5.95. The van der Waals surface area contributed by atoms with Crippen LogP contribution < -0.4 is 4.90 Å². The fraction of sp³-hybridized carbons (Fsp3) is 0.143. The van der Waals surface area contributed by atoms with Crippen LogP contribution in [0.15, 0.2) is 217 Å². The van der Waals surface area contributed by atoms with E-state index in [0.717, 1.165) is 29.9 Å². The predicted molar refractivity (Wildman–Crippen MR) is 270 cm³/mol. The van der Waals surface area contributed by atoms with Gasteiger partial charge in [0.15, 0.2) is 0 Å². The second kappa shape index (κ2) is 14.7. The first-order valence-corrected chi connectivity index (χ1v) is 23.0. The average Bonchev–Trinajstić information content (AvgIpc) is 3.51. The van der Waals surface area contributed by atoms with Gasteiger partial charge in [-0.3, -0.25) is 0 Å². The van der Waals surface area contributed by atoms with Gasteiger partial charge in [-0.15, -0.1) is 0 Å². The van der Waals surface area contributed by atoms with Gasteiger partial charge in [0.05, 0.1) is 0 Å². The van der Waals surface area contributed by atoms with E-state index >= 15 is 0 Å². The monoisotopic (exact) mass is 821 g/mol. The molecule has 0 spiro atoms. The molecule has 1 atom stereocenters. The number of fused-ring (bicyclic) bond motifs is 6. The van der Waals surface area contributed by atoms with Gasteiger partial charge in [-0.1, -0.05) is 192 Å². The molecule has 0 N–H and O–H groups in total. The van der Waals surface area contributed by atoms with Gasteiger partial charge in [0, 0.05) is 33.8 Å². The molecule has 1 heteroatoms. The molecule has 0 aromatic heterocycles. The normalized spacial score (nSPS) is 17.0. The van der Waals surface area contributed by atoms with Crippen molar-refractivity contribution >= 4 is 22.6 Å². The number of nitrogens with zero attached hydrogens (tertiary/aromatic N) is 1. The maximum atomic E-state index is 2.54. The van der Waals surface area contributed by atoms with E-state index in [0.29, 0.717) is 5.92 Å². The van der Waals surface area contributed by atoms with Crippen molar-refractivity contribution in [2.75, 3.05) is 4.90 Å². The molecule has 0 radical (unpaired) electrons. The zero-order chi connectivity index (χ0) is 43.2. The van der Waals surface area contributed by atoms with Crippen LogP contribution in [-0.4, -0.2) is 0 Å². The van der Waals surface area contributed by atoms with E-state index in [1.807, 2.05) is 0 Å². The molecular weight excluding hydrogens is 771 g/mol. The van der Waals surface area contributed by atoms with E-state index < -0.39 is 0 Å². The zero-order valence-corrected chi connectivity index (χ0v) is 37.1. The van der Waals surface area contributed by atoms with Crippen LogP contribution in [0.3, 0.4) is 0 Å². The van der Waals surface area contributed by atoms with Crippen molar-refractivity contribution in [3.8, 4) is 44.5 Å². The summed E-state index contributed by atoms with van der Waals surface area (Å²) in [7, 11) is 0. The first-order valence-electron chi connectivity index (χ1n) is 23.0. The van der Waals surface area contributed by atoms with Gasteiger partial charge in [-0.2, -0.15) is 0 Å². The topological polar surface area (TPSA) is 3.24 Å². The Morgan fingerprint density at radius 3 is 1.80 bits per heavy atom. The largest absolute Gasteiger partial charge is 0.310 e. The second-order valence-corrected chi connectivity index (χ2v) is 19.3. The van der Waals surface area contributed by atoms with Crippen LogP contribution in [0.25, 0.3) is 50.1 Å². The van der Waals surface area contributed by atoms with Gasteiger partial charge < -0.3 is 4.90 Å². The minimum atomic E-state index is -0.117. The molecule has 0 fully saturated rings. The van der Waals surface area contributed by atoms with Crippen LogP contribution in [0.1, 0.15) is 73.4 Å². The summed E-state index contributed by atoms with van der Waals surface area (Å²) in [5.74, 6) is 0.392. The lowest BCUT2D eigenvalue weighted by molar-refractivity contribution is 0.620. The number of hydrogen-bond donors (Lipinski definition) is 0. The van der Waals surface area contributed by atoms with Gasteiger partial charge in [0.1, 0.15) is 0 Å². The van der Waals surface area contributed by atoms with Crippen LogP contribution in [-0.2, 0) is 17.3 Å². The molecule has 4 aliphatic carbocycles. The summed E-state index contributed by atoms with van der Waals surface area (Å²) in [6.07, 6.45) is 9.55. The van der Waals surface area contributed by atoms with Crippen molar-refractivity contribution in [1.82, 2.24) is 0 Å². The molecule has 0 saturated heterocycles. The van der Waals surface area contributed by atoms with Gasteiger partial charge in [0.2, 0.25) is 0 Å². The third kappa shape index (κ3) is 6.13. The van der Waals surface area contributed by atoms with Crippen LogP contribution >= 0.6 is 0 Å². The molecule has 64 heavy (non-hydrogen) atoms. The summed E-state index contributed by atoms with van der Waals surface area (Å²) in [4.78, 5) is 2.42. The SMILES string of the molecule is CC1(C)C2=CCC(c3ccccc3)C=C2C=C2Cc3ccc(-c4ccc(N(c5ccc(-c6ccccc6)cc5)c5ccc6c(c5)C(C)(C)c5ccccc5-6)cc4)cc3-c3cccc1c32. The number of benzene rings is 8. The Balaban J connectivity index is 0.917. The maximum Gasteiger partial charge on any atom is 0.0465 e. The standard InChI is InChI=1S/C63H51N/c1-62(2)57-35-28-45(42-16-9-6-10-17-42)36-48(57)38-49-37-47-23-22-46(39-56(47)55-19-13-21-59(62)61(49)55)44-26-31-51(32-27-44)64(50-29-24-43(25-30-50)41-14-7-5-8-15-41)52-33-34-54-53-18-11-12-20-58(53)63(3,4)60(54)40-52/h5-27,29-36,38-40,45H,28,37H2,1-4H3. The van der Waals surface area contributed by atoms with Gasteiger partial charge in [-0.25, -0.2) is 0 Å². The summed E-state index contributed by atoms with van der Waals surface area (Å²) in [5.41, 5.74) is 26.1. The molecule has 0 aliphatic heterocycles. The van der Waals surface area contributed by atoms with E-state index in [1.165, 1.54) is 94.6 Å². The van der Waals surface area contributed by atoms with E-state index in [2.05, 4.69) is 239 Å². The smallest absolute Gasteiger partial charge is 0.0465 e. The van der Waals surface area contributed by atoms with Crippen molar-refractivity contribution < 1.29 is 0 Å². The Labute approximate surface area is 378 Å². The molecule has 12 rings (SSSR count). The first kappa shape index (κ1) is 38.5. The fourth-order valence-corrected chi connectivity index (χ4v) is 11.5. The third-order valence-electron chi connectivity index (χ3n) is 14.9. The lowest BCUT2D eigenvalue weighted by atomic mass is 9.69. The van der Waals surface area contributed by atoms with E-state index in [9.17, 15) is 0 Å². The zero-order valence-electron chi connectivity index (χ0n) is 37.1. The van der Waals surface area contributed by atoms with Crippen molar-refractivity contribution in [2.45, 2.75) is 57.3 Å². The molecule has 8 aromatic rings. The molecule has 0 saturated carbocycles. The van der Waals surface area contributed by atoms with Crippen LogP contribution in [0.4, 0.5) is 17.1 Å². The molecule has 308 valence electrons. The molecule has 8 aromatic carbocycles. The summed E-state index contributed by atoms with van der Waals surface area (Å²) in [5, 5.41) is 0. The van der Waals surface area contributed by atoms with E-state index in [-0.39, 0.29) is 10.8 Å². The molecular formula is C63H51N. The van der Waals surface area contributed by atoms with Crippen molar-refractivity contribution in [2.24, 2.45) is 0 Å². The summed E-state index contributed by atoms with van der Waals surface area (Å²) < 4.78 is 0. The minimum absolute atomic E-state index is 0.0945. The Bertz CT molecular complexity index is 3230. The quantitative estimate of drug-likeness (QED) is 0.161. The Kier molecular flexibility index (Phi) is 8.82. The highest BCUT2D eigenvalue weighted by Gasteiger charge is 2.38. The third-order valence-corrected chi connectivity index (χ3v) is 14.9. The molecule has 0 amide bonds. The first-order chi connectivity index (χ1) is 31.2. The van der Waals surface area contributed by atoms with Gasteiger partial charge in [-0.05, 0) is 150 Å². The molecule has 1 unspecified atom stereocenters. The van der Waals surface area contributed by atoms with Crippen molar-refractivity contribution in [3.63, 3.8) is 0 Å². The fourth-order valence-electron chi connectivity index (χ4n) is 11.5. The van der Waals surface area contributed by atoms with Crippen molar-refractivity contribution in [3.05, 3.63) is 251 Å². The molecule has 4 aliphatic rings. The molecule has 1 nitrogen and oxygen atoms in total. The number of rotatable bonds is 6. The summed E-state index contributed by atoms with van der Waals surface area (Å²) >= 11 is 0. The Hall–Kier alpha value is -7.22. The Morgan fingerprint density at radius 1 is 0.453 bits per heavy atom. The summed E-state index contributed by atoms with van der Waals surface area (Å²) in [6.45, 7) is 9.58. The minimum Gasteiger partial charge on any atom is -0.310 e. The maximum absolute atomic E-state index is 2.54. The summed E-state index contributed by atoms with van der Waals surface area (Å²) in [6, 6.07) is 70.1. The second-order valence-electron chi connectivity index (χ2n) is 19.3.